The third-order valence-electron chi connectivity index (χ3n) is 4.02. The second-order valence-corrected chi connectivity index (χ2v) is 6.26. The van der Waals surface area contributed by atoms with Gasteiger partial charge in [0.2, 0.25) is 5.91 Å². The number of hydrogen-bond donors (Lipinski definition) is 2. The van der Waals surface area contributed by atoms with E-state index in [2.05, 4.69) is 34.7 Å². The number of nitrogens with one attached hydrogen (secondary N) is 2. The summed E-state index contributed by atoms with van der Waals surface area (Å²) in [5, 5.41) is 6.45. The molecule has 7 heteroatoms. The Morgan fingerprint density at radius 2 is 1.81 bits per heavy atom. The molecular formula is C19H32N4O3. The molecule has 0 spiro atoms. The van der Waals surface area contributed by atoms with Gasteiger partial charge in [-0.3, -0.25) is 4.79 Å². The number of hydrogen-bond acceptors (Lipinski definition) is 4. The van der Waals surface area contributed by atoms with E-state index in [0.717, 1.165) is 18.7 Å². The second-order valence-electron chi connectivity index (χ2n) is 6.26. The summed E-state index contributed by atoms with van der Waals surface area (Å²) in [5.41, 5.74) is 1.27. The first-order valence-electron chi connectivity index (χ1n) is 8.83. The molecule has 0 aliphatic rings. The second kappa shape index (κ2) is 12.1. The van der Waals surface area contributed by atoms with Gasteiger partial charge in [-0.2, -0.15) is 0 Å². The average Bonchev–Trinajstić information content (AvgIpc) is 2.65. The van der Waals surface area contributed by atoms with Crippen LogP contribution in [0.4, 0.5) is 0 Å². The Morgan fingerprint density at radius 3 is 2.38 bits per heavy atom. The van der Waals surface area contributed by atoms with Gasteiger partial charge in [-0.15, -0.1) is 0 Å². The number of aliphatic imine (C=N–C) groups is 1. The Labute approximate surface area is 156 Å². The number of ether oxygens (including phenoxy) is 2. The zero-order chi connectivity index (χ0) is 19.4. The molecule has 1 aromatic rings. The topological polar surface area (TPSA) is 75.2 Å². The number of amides is 1. The lowest BCUT2D eigenvalue weighted by Crippen LogP contribution is -2.40. The molecule has 1 unspecified atom stereocenters. The summed E-state index contributed by atoms with van der Waals surface area (Å²) in [7, 11) is 6.76. The average molecular weight is 364 g/mol. The number of rotatable bonds is 10. The van der Waals surface area contributed by atoms with E-state index in [9.17, 15) is 4.79 Å². The Kier molecular flexibility index (Phi) is 10.2. The van der Waals surface area contributed by atoms with Crippen LogP contribution in [0.1, 0.15) is 24.8 Å². The van der Waals surface area contributed by atoms with Crippen LogP contribution in [0, 0.1) is 0 Å². The summed E-state index contributed by atoms with van der Waals surface area (Å²) in [6.07, 6.45) is 0.943. The van der Waals surface area contributed by atoms with E-state index in [4.69, 9.17) is 9.47 Å². The highest BCUT2D eigenvalue weighted by Gasteiger charge is 2.08. The highest BCUT2D eigenvalue weighted by Crippen LogP contribution is 2.21. The van der Waals surface area contributed by atoms with Crippen molar-refractivity contribution in [3.05, 3.63) is 29.8 Å². The van der Waals surface area contributed by atoms with Gasteiger partial charge in [0.15, 0.2) is 5.96 Å². The van der Waals surface area contributed by atoms with Crippen molar-refractivity contribution in [2.24, 2.45) is 4.99 Å². The van der Waals surface area contributed by atoms with Crippen LogP contribution in [0.2, 0.25) is 0 Å². The van der Waals surface area contributed by atoms with Crippen molar-refractivity contribution in [3.8, 4) is 5.75 Å². The minimum absolute atomic E-state index is 0.0376. The quantitative estimate of drug-likeness (QED) is 0.373. The van der Waals surface area contributed by atoms with Crippen LogP contribution in [-0.2, 0) is 9.53 Å². The monoisotopic (exact) mass is 364 g/mol. The fraction of sp³-hybridized carbons (Fsp3) is 0.579. The van der Waals surface area contributed by atoms with E-state index in [1.54, 1.807) is 28.3 Å². The van der Waals surface area contributed by atoms with Gasteiger partial charge in [-0.1, -0.05) is 19.1 Å². The summed E-state index contributed by atoms with van der Waals surface area (Å²) < 4.78 is 10.2. The molecule has 1 amide bonds. The summed E-state index contributed by atoms with van der Waals surface area (Å²) >= 11 is 0. The highest BCUT2D eigenvalue weighted by molar-refractivity contribution is 5.84. The van der Waals surface area contributed by atoms with Crippen LogP contribution in [0.25, 0.3) is 0 Å². The molecule has 0 radical (unpaired) electrons. The van der Waals surface area contributed by atoms with Gasteiger partial charge < -0.3 is 25.0 Å². The van der Waals surface area contributed by atoms with Crippen molar-refractivity contribution in [2.45, 2.75) is 19.3 Å². The number of methoxy groups -OCH3 is 2. The summed E-state index contributed by atoms with van der Waals surface area (Å²) in [6, 6.07) is 8.13. The molecule has 7 nitrogen and oxygen atoms in total. The van der Waals surface area contributed by atoms with Gasteiger partial charge in [-0.25, -0.2) is 4.99 Å². The fourth-order valence-electron chi connectivity index (χ4n) is 2.24. The number of nitrogens with zero attached hydrogens (tertiary/aromatic N) is 2. The minimum atomic E-state index is -0.0376. The van der Waals surface area contributed by atoms with Gasteiger partial charge in [0.05, 0.1) is 13.7 Å². The predicted molar refractivity (Wildman–Crippen MR) is 105 cm³/mol. The molecule has 0 saturated heterocycles. The van der Waals surface area contributed by atoms with Crippen molar-refractivity contribution in [3.63, 3.8) is 0 Å². The molecule has 1 aromatic carbocycles. The van der Waals surface area contributed by atoms with Gasteiger partial charge in [0, 0.05) is 34.3 Å². The predicted octanol–water partition coefficient (Wildman–Crippen LogP) is 1.46. The molecule has 0 aliphatic carbocycles. The zero-order valence-corrected chi connectivity index (χ0v) is 16.5. The number of carbonyl (C=O) groups excluding carboxylic acids is 1. The largest absolute Gasteiger partial charge is 0.497 e. The summed E-state index contributed by atoms with van der Waals surface area (Å²) in [5.74, 6) is 1.85. The Balaban J connectivity index is 2.52. The minimum Gasteiger partial charge on any atom is -0.497 e. The van der Waals surface area contributed by atoms with Crippen LogP contribution >= 0.6 is 0 Å². The van der Waals surface area contributed by atoms with Crippen LogP contribution in [-0.4, -0.2) is 71.3 Å². The molecule has 1 atom stereocenters. The van der Waals surface area contributed by atoms with E-state index in [0.29, 0.717) is 25.0 Å². The first kappa shape index (κ1) is 21.8. The Bertz CT molecular complexity index is 558. The van der Waals surface area contributed by atoms with Gasteiger partial charge >= 0.3 is 0 Å². The van der Waals surface area contributed by atoms with E-state index >= 15 is 0 Å². The number of benzene rings is 1. The third-order valence-corrected chi connectivity index (χ3v) is 4.02. The van der Waals surface area contributed by atoms with E-state index in [-0.39, 0.29) is 12.5 Å². The maximum Gasteiger partial charge on any atom is 0.243 e. The van der Waals surface area contributed by atoms with Gasteiger partial charge in [-0.05, 0) is 30.0 Å². The Morgan fingerprint density at radius 1 is 1.15 bits per heavy atom. The zero-order valence-electron chi connectivity index (χ0n) is 16.5. The molecule has 0 saturated carbocycles. The number of likely N-dealkylation sites (N-methyl/N-ethyl adjacent to an activating group) is 1. The van der Waals surface area contributed by atoms with Gasteiger partial charge in [0.1, 0.15) is 12.3 Å². The van der Waals surface area contributed by atoms with Crippen LogP contribution < -0.4 is 15.4 Å². The summed E-state index contributed by atoms with van der Waals surface area (Å²) in [4.78, 5) is 17.6. The van der Waals surface area contributed by atoms with Gasteiger partial charge in [0.25, 0.3) is 0 Å². The molecule has 2 N–H and O–H groups in total. The van der Waals surface area contributed by atoms with Crippen LogP contribution in [0.5, 0.6) is 5.75 Å². The molecule has 0 aromatic heterocycles. The van der Waals surface area contributed by atoms with Crippen molar-refractivity contribution >= 4 is 11.9 Å². The van der Waals surface area contributed by atoms with E-state index in [1.807, 2.05) is 12.1 Å². The molecular weight excluding hydrogens is 332 g/mol. The lowest BCUT2D eigenvalue weighted by molar-refractivity contribution is -0.127. The Hall–Kier alpha value is -2.28. The van der Waals surface area contributed by atoms with Crippen molar-refractivity contribution < 1.29 is 14.3 Å². The SMILES string of the molecule is COCCNC(=NCC(=O)N(C)C)NCCC(C)c1ccc(OC)cc1. The van der Waals surface area contributed by atoms with E-state index < -0.39 is 0 Å². The molecule has 0 fully saturated rings. The third kappa shape index (κ3) is 8.20. The number of carbonyl (C=O) groups is 1. The molecule has 0 aliphatic heterocycles. The normalized spacial score (nSPS) is 12.4. The lowest BCUT2D eigenvalue weighted by atomic mass is 9.98. The van der Waals surface area contributed by atoms with Crippen molar-refractivity contribution in [1.82, 2.24) is 15.5 Å². The standard InChI is InChI=1S/C19H32N4O3/c1-15(16-6-8-17(26-5)9-7-16)10-11-20-19(21-12-13-25-4)22-14-18(24)23(2)3/h6-9,15H,10-14H2,1-5H3,(H2,20,21,22). The smallest absolute Gasteiger partial charge is 0.243 e. The fourth-order valence-corrected chi connectivity index (χ4v) is 2.24. The number of guanidine groups is 1. The van der Waals surface area contributed by atoms with Crippen LogP contribution in [0.3, 0.4) is 0 Å². The van der Waals surface area contributed by atoms with Crippen LogP contribution in [0.15, 0.2) is 29.3 Å². The molecule has 0 bridgehead atoms. The molecule has 1 rings (SSSR count). The highest BCUT2D eigenvalue weighted by atomic mass is 16.5. The molecule has 0 heterocycles. The lowest BCUT2D eigenvalue weighted by Gasteiger charge is -2.16. The van der Waals surface area contributed by atoms with Crippen molar-refractivity contribution in [2.75, 3.05) is 54.6 Å². The van der Waals surface area contributed by atoms with E-state index in [1.165, 1.54) is 10.5 Å². The molecule has 146 valence electrons. The maximum atomic E-state index is 11.7. The first-order valence-corrected chi connectivity index (χ1v) is 8.83. The molecule has 26 heavy (non-hydrogen) atoms. The first-order chi connectivity index (χ1) is 12.5. The van der Waals surface area contributed by atoms with Crippen molar-refractivity contribution in [1.29, 1.82) is 0 Å². The summed E-state index contributed by atoms with van der Waals surface area (Å²) in [6.45, 7) is 4.26. The maximum absolute atomic E-state index is 11.7.